The smallest absolute Gasteiger partial charge is 0.293 e. The number of rotatable bonds is 19. The van der Waals surface area contributed by atoms with Gasteiger partial charge in [0.25, 0.3) is 45.9 Å². The van der Waals surface area contributed by atoms with Crippen molar-refractivity contribution < 1.29 is 67.6 Å². The molecule has 0 radical (unpaired) electrons. The highest BCUT2D eigenvalue weighted by atomic mass is 35.5. The van der Waals surface area contributed by atoms with Crippen molar-refractivity contribution in [3.63, 3.8) is 0 Å². The molecule has 2 aliphatic rings. The van der Waals surface area contributed by atoms with E-state index in [0.29, 0.717) is 61.4 Å². The number of benzene rings is 8. The van der Waals surface area contributed by atoms with Crippen molar-refractivity contribution in [3.8, 4) is 0 Å². The van der Waals surface area contributed by atoms with Gasteiger partial charge in [0.05, 0.1) is 87.7 Å². The van der Waals surface area contributed by atoms with Gasteiger partial charge in [-0.25, -0.2) is 0 Å². The lowest BCUT2D eigenvalue weighted by Crippen LogP contribution is -2.22. The zero-order valence-electron chi connectivity index (χ0n) is 69.3. The third-order valence-corrected chi connectivity index (χ3v) is 21.8. The SMILES string of the molecule is C.CC(Cl)OC(=N)Cc1cn(C)c2cc([N+](=O)[O-])ccc12.CC(O)n1cc(C2=C(c3cn(C)c4cc([N+](=O)[O-])ccc34)C(=O)NC2=O)c2ccccc21.COC(C)n1cc(C(=O)C(=O)Cl)c2ccccc21.COC(C)n1cc(C2=C(c3cn(C)c4cc([N+](=O)[O-])ccc34)C(=O)NC2=O)c2ccccc21.COC(C)n1ccc2ccccc21.c1ccc2[nH]ccc2c1. The van der Waals surface area contributed by atoms with Gasteiger partial charge in [0, 0.05) is 189 Å². The van der Waals surface area contributed by atoms with E-state index in [2.05, 4.69) is 62.8 Å². The maximum Gasteiger partial charge on any atom is 0.293 e. The van der Waals surface area contributed by atoms with Gasteiger partial charge >= 0.3 is 0 Å². The number of nitro groups is 3. The zero-order valence-corrected chi connectivity index (χ0v) is 70.8. The van der Waals surface area contributed by atoms with E-state index < -0.39 is 61.2 Å². The number of ketones is 1. The Morgan fingerprint density at radius 3 is 1.28 bits per heavy atom. The van der Waals surface area contributed by atoms with Crippen LogP contribution < -0.4 is 10.6 Å². The number of imide groups is 2. The zero-order chi connectivity index (χ0) is 89.7. The van der Waals surface area contributed by atoms with Crippen molar-refractivity contribution in [1.29, 1.82) is 5.41 Å². The number of hydrogen-bond acceptors (Lipinski definition) is 18. The molecule has 31 nitrogen and oxygen atoms in total. The van der Waals surface area contributed by atoms with Gasteiger partial charge in [-0.1, -0.05) is 110 Å². The number of nitrogens with one attached hydrogen (secondary N) is 4. The number of alkyl halides is 1. The Hall–Kier alpha value is -14.7. The Bertz CT molecular complexity index is 7040. The van der Waals surface area contributed by atoms with Crippen LogP contribution in [0.2, 0.25) is 0 Å². The third-order valence-electron chi connectivity index (χ3n) is 21.6. The summed E-state index contributed by atoms with van der Waals surface area (Å²) in [5, 5.41) is 61.9. The Labute approximate surface area is 729 Å². The van der Waals surface area contributed by atoms with Gasteiger partial charge in [0.1, 0.15) is 24.9 Å². The maximum atomic E-state index is 13.0. The van der Waals surface area contributed by atoms with E-state index in [-0.39, 0.29) is 71.4 Å². The maximum absolute atomic E-state index is 13.0. The first kappa shape index (κ1) is 90.5. The molecule has 0 saturated heterocycles. The number of carbonyl (C=O) groups excluding carboxylic acids is 6. The fourth-order valence-corrected chi connectivity index (χ4v) is 15.6. The molecule has 0 fully saturated rings. The second-order valence-electron chi connectivity index (χ2n) is 29.3. The Morgan fingerprint density at radius 1 is 0.452 bits per heavy atom. The molecule has 5 unspecified atom stereocenters. The van der Waals surface area contributed by atoms with Gasteiger partial charge < -0.3 is 61.0 Å². The molecular weight excluding hydrogens is 1660 g/mol. The molecule has 10 heterocycles. The number of carbonyl (C=O) groups is 6. The van der Waals surface area contributed by atoms with Crippen LogP contribution in [0.3, 0.4) is 0 Å². The van der Waals surface area contributed by atoms with Gasteiger partial charge in [-0.2, -0.15) is 0 Å². The second-order valence-corrected chi connectivity index (χ2v) is 30.2. The van der Waals surface area contributed by atoms with Crippen LogP contribution in [-0.2, 0) is 70.5 Å². The lowest BCUT2D eigenvalue weighted by atomic mass is 9.95. The van der Waals surface area contributed by atoms with Gasteiger partial charge in [-0.3, -0.25) is 75.2 Å². The van der Waals surface area contributed by atoms with Crippen LogP contribution >= 0.6 is 23.2 Å². The first-order chi connectivity index (χ1) is 59.8. The molecule has 126 heavy (non-hydrogen) atoms. The molecule has 0 aliphatic carbocycles. The van der Waals surface area contributed by atoms with Crippen LogP contribution in [0.1, 0.15) is 105 Å². The van der Waals surface area contributed by atoms with Crippen LogP contribution in [0.15, 0.2) is 238 Å². The summed E-state index contributed by atoms with van der Waals surface area (Å²) in [5.41, 5.74) is 10.4. The normalized spacial score (nSPS) is 13.6. The van der Waals surface area contributed by atoms with Gasteiger partial charge in [-0.15, -0.1) is 0 Å². The molecule has 2 aliphatic heterocycles. The predicted octanol–water partition coefficient (Wildman–Crippen LogP) is 18.5. The number of para-hydroxylation sites is 5. The molecule has 0 spiro atoms. The molecule has 0 bridgehead atoms. The summed E-state index contributed by atoms with van der Waals surface area (Å²) in [4.78, 5) is 110. The molecule has 0 saturated carbocycles. The largest absolute Gasteiger partial charge is 0.462 e. The van der Waals surface area contributed by atoms with Crippen LogP contribution in [0.4, 0.5) is 17.1 Å². The minimum atomic E-state index is -0.983. The summed E-state index contributed by atoms with van der Waals surface area (Å²) >= 11 is 10.9. The molecule has 5 N–H and O–H groups in total. The second kappa shape index (κ2) is 38.4. The number of non-ortho nitro benzene ring substituents is 3. The Morgan fingerprint density at radius 2 is 0.825 bits per heavy atom. The standard InChI is InChI=1S/C24H20N4O5.C23H18N4O5.C13H14ClN3O3.C13H12ClNO3.C11H13NO.C8H7N.CH4/c1-13(33-3)27-12-18(15-6-4-5-7-19(15)27)22-21(23(29)25-24(22)30)17-11-26(2)20-10-14(28(31)32)8-9-16(17)20;1-12(28)26-11-17(14-5-3-4-6-18(14)26)21-20(22(29)24-23(21)30)16-10-25(2)19-9-13(27(31)32)7-8-15(16)19;1-8(14)20-13(15)5-9-7-16(2)12-6-10(17(18)19)3-4-11(9)12;1-8(18-2)15-7-10(12(16)13(14)17)9-5-3-4-6-11(9)15;1-9(13-2)12-8-7-10-5-3-4-6-11(10)12;1-2-4-8-7(3-1)5-6-9-8;/h4-13H,1-3H3,(H,25,29,30);3-12,28H,1-2H3,(H,24,29,30);3-4,6-8,15H,5H2,1-2H3;3-8H,1-2H3;3-9H,1-2H3;1-6,9H;1H4. The number of aromatic amines is 1. The first-order valence-corrected chi connectivity index (χ1v) is 39.8. The van der Waals surface area contributed by atoms with Crippen molar-refractivity contribution in [2.75, 3.05) is 21.3 Å². The number of amides is 4. The van der Waals surface area contributed by atoms with E-state index in [9.17, 15) is 64.2 Å². The number of H-pyrrole nitrogens is 1. The van der Waals surface area contributed by atoms with Crippen molar-refractivity contribution in [2.45, 2.75) is 78.9 Å². The number of fused-ring (bicyclic) bond motifs is 8. The average Bonchev–Trinajstić information content (AvgIpc) is 1.58. The van der Waals surface area contributed by atoms with Crippen LogP contribution in [0, 0.1) is 35.8 Å². The number of Topliss-reactive ketones (excluding diaryl/α,β-unsaturated/α-hetero) is 1. The van der Waals surface area contributed by atoms with E-state index in [1.165, 1.54) is 58.2 Å². The summed E-state index contributed by atoms with van der Waals surface area (Å²) in [6.07, 6.45) is 13.4. The van der Waals surface area contributed by atoms with E-state index in [1.54, 1.807) is 127 Å². The highest BCUT2D eigenvalue weighted by Gasteiger charge is 2.38. The number of nitro benzene ring substituents is 3. The van der Waals surface area contributed by atoms with Crippen molar-refractivity contribution >= 4 is 190 Å². The lowest BCUT2D eigenvalue weighted by Gasteiger charge is -2.12. The van der Waals surface area contributed by atoms with E-state index in [0.717, 1.165) is 43.8 Å². The van der Waals surface area contributed by atoms with Crippen molar-refractivity contribution in [2.24, 2.45) is 21.1 Å². The molecule has 4 amide bonds. The topological polar surface area (TPSA) is 387 Å². The molecule has 646 valence electrons. The highest BCUT2D eigenvalue weighted by molar-refractivity contribution is 6.83. The summed E-state index contributed by atoms with van der Waals surface area (Å²) in [5.74, 6) is -2.69. The van der Waals surface area contributed by atoms with Gasteiger partial charge in [0.15, 0.2) is 11.5 Å². The summed E-state index contributed by atoms with van der Waals surface area (Å²) in [7, 11) is 10.2. The summed E-state index contributed by atoms with van der Waals surface area (Å²) in [6.45, 7) is 9.03. The van der Waals surface area contributed by atoms with E-state index >= 15 is 0 Å². The minimum Gasteiger partial charge on any atom is -0.462 e. The van der Waals surface area contributed by atoms with Gasteiger partial charge in [-0.05, 0) is 123 Å². The third kappa shape index (κ3) is 18.3. The monoisotopic (exact) mass is 1740 g/mol. The molecule has 18 rings (SSSR count). The van der Waals surface area contributed by atoms with Gasteiger partial charge in [0.2, 0.25) is 5.78 Å². The lowest BCUT2D eigenvalue weighted by molar-refractivity contribution is -0.384. The van der Waals surface area contributed by atoms with E-state index in [1.807, 2.05) is 136 Å². The van der Waals surface area contributed by atoms with Crippen LogP contribution in [-0.4, -0.2) is 124 Å². The summed E-state index contributed by atoms with van der Waals surface area (Å²) < 4.78 is 33.8. The molecule has 8 aromatic carbocycles. The number of aliphatic hydroxyl groups excluding tert-OH is 1. The summed E-state index contributed by atoms with van der Waals surface area (Å²) in [6, 6.07) is 56.4. The number of halogens is 2. The number of aliphatic hydroxyl groups is 1. The average molecular weight is 1740 g/mol. The molecule has 8 aromatic heterocycles. The Balaban J connectivity index is 0.000000144. The number of ether oxygens (including phenoxy) is 4. The minimum absolute atomic E-state index is 0. The number of methoxy groups -OCH3 is 3. The quantitative estimate of drug-likeness (QED) is 0.00578. The molecule has 33 heteroatoms. The van der Waals surface area contributed by atoms with Crippen molar-refractivity contribution in [3.05, 3.63) is 301 Å². The molecule has 5 atom stereocenters. The molecular formula is C93H88Cl2N14O17. The number of aromatic nitrogens is 8. The highest BCUT2D eigenvalue weighted by Crippen LogP contribution is 2.43. The Kier molecular flexibility index (Phi) is 27.6. The first-order valence-electron chi connectivity index (χ1n) is 39.0. The van der Waals surface area contributed by atoms with E-state index in [4.69, 9.17) is 47.6 Å². The van der Waals surface area contributed by atoms with Crippen LogP contribution in [0.5, 0.6) is 0 Å². The number of hydrogen-bond donors (Lipinski definition) is 5. The van der Waals surface area contributed by atoms with Crippen LogP contribution in [0.25, 0.3) is 110 Å². The fraction of sp³-hybridized carbons (Fsp3) is 0.194. The fourth-order valence-electron chi connectivity index (χ4n) is 15.4. The van der Waals surface area contributed by atoms with Crippen molar-refractivity contribution in [1.82, 2.24) is 47.6 Å². The number of aryl methyl sites for hydroxylation is 3. The number of nitrogens with zero attached hydrogens (tertiary/aromatic N) is 10. The predicted molar refractivity (Wildman–Crippen MR) is 487 cm³/mol. The molecule has 16 aromatic rings.